The summed E-state index contributed by atoms with van der Waals surface area (Å²) in [4.78, 5) is 0. The molecule has 0 amide bonds. The summed E-state index contributed by atoms with van der Waals surface area (Å²) in [7, 11) is 3.34. The van der Waals surface area contributed by atoms with Gasteiger partial charge in [0.25, 0.3) is 0 Å². The second-order valence-corrected chi connectivity index (χ2v) is 10.0. The molecule has 0 fully saturated rings. The van der Waals surface area contributed by atoms with Crippen LogP contribution < -0.4 is 9.47 Å². The fourth-order valence-electron chi connectivity index (χ4n) is 4.69. The molecule has 0 unspecified atom stereocenters. The Kier molecular flexibility index (Phi) is 7.06. The van der Waals surface area contributed by atoms with Crippen molar-refractivity contribution in [2.45, 2.75) is 52.0 Å². The van der Waals surface area contributed by atoms with E-state index >= 15 is 0 Å². The van der Waals surface area contributed by atoms with E-state index in [1.807, 2.05) is 12.1 Å². The normalized spacial score (nSPS) is 13.6. The van der Waals surface area contributed by atoms with Crippen LogP contribution in [0.2, 0.25) is 0 Å². The van der Waals surface area contributed by atoms with Crippen molar-refractivity contribution in [1.82, 2.24) is 0 Å². The van der Waals surface area contributed by atoms with Crippen LogP contribution in [0.15, 0.2) is 60.7 Å². The van der Waals surface area contributed by atoms with Crippen LogP contribution in [-0.2, 0) is 24.8 Å². The van der Waals surface area contributed by atoms with Crippen molar-refractivity contribution in [3.8, 4) is 11.5 Å². The molecule has 3 aromatic carbocycles. The molecular weight excluding hydrogens is 425 g/mol. The van der Waals surface area contributed by atoms with Crippen molar-refractivity contribution >= 4 is 5.71 Å². The lowest BCUT2D eigenvalue weighted by atomic mass is 9.86. The molecule has 0 atom stereocenters. The van der Waals surface area contributed by atoms with E-state index in [9.17, 15) is 4.39 Å². The van der Waals surface area contributed by atoms with E-state index in [-0.39, 0.29) is 11.2 Å². The van der Waals surface area contributed by atoms with Crippen LogP contribution in [0.3, 0.4) is 0 Å². The second kappa shape index (κ2) is 10.0. The summed E-state index contributed by atoms with van der Waals surface area (Å²) in [6.07, 6.45) is 2.67. The van der Waals surface area contributed by atoms with Gasteiger partial charge in [-0.2, -0.15) is 0 Å². The van der Waals surface area contributed by atoms with Crippen LogP contribution in [-0.4, -0.2) is 31.1 Å². The maximum Gasteiger partial charge on any atom is 0.184 e. The van der Waals surface area contributed by atoms with E-state index in [4.69, 9.17) is 9.47 Å². The van der Waals surface area contributed by atoms with E-state index < -0.39 is 0 Å². The number of hydrogen-bond donors (Lipinski definition) is 0. The Morgan fingerprint density at radius 1 is 0.882 bits per heavy atom. The topological polar surface area (TPSA) is 21.5 Å². The predicted octanol–water partition coefficient (Wildman–Crippen LogP) is 6.33. The lowest BCUT2D eigenvalue weighted by Crippen LogP contribution is -2.30. The number of halogens is 1. The third-order valence-electron chi connectivity index (χ3n) is 6.74. The Hall–Kier alpha value is -3.14. The first-order valence-electron chi connectivity index (χ1n) is 12.0. The van der Waals surface area contributed by atoms with Gasteiger partial charge in [0.1, 0.15) is 12.4 Å². The third-order valence-corrected chi connectivity index (χ3v) is 6.74. The van der Waals surface area contributed by atoms with Gasteiger partial charge in [0, 0.05) is 18.4 Å². The molecule has 3 nitrogen and oxygen atoms in total. The first kappa shape index (κ1) is 24.0. The Bertz CT molecular complexity index is 1190. The highest BCUT2D eigenvalue weighted by atomic mass is 19.1. The summed E-state index contributed by atoms with van der Waals surface area (Å²) in [6.45, 7) is 8.10. The molecule has 0 aliphatic carbocycles. The molecule has 0 bridgehead atoms. The molecular formula is C30H35FNO2+. The quantitative estimate of drug-likeness (QED) is 0.384. The first-order chi connectivity index (χ1) is 16.3. The number of fused-ring (bicyclic) bond motifs is 1. The van der Waals surface area contributed by atoms with Crippen molar-refractivity contribution < 1.29 is 18.4 Å². The zero-order valence-electron chi connectivity index (χ0n) is 21.0. The summed E-state index contributed by atoms with van der Waals surface area (Å²) in [5, 5.41) is 0. The molecule has 1 heterocycles. The number of methoxy groups -OCH3 is 2. The zero-order valence-corrected chi connectivity index (χ0v) is 21.0. The molecule has 4 rings (SSSR count). The second-order valence-electron chi connectivity index (χ2n) is 10.0. The van der Waals surface area contributed by atoms with Gasteiger partial charge in [-0.1, -0.05) is 57.2 Å². The highest BCUT2D eigenvalue weighted by Crippen LogP contribution is 2.33. The molecule has 0 N–H and O–H groups in total. The minimum absolute atomic E-state index is 0.141. The average molecular weight is 461 g/mol. The Labute approximate surface area is 202 Å². The third kappa shape index (κ3) is 5.16. The number of rotatable bonds is 7. The monoisotopic (exact) mass is 460 g/mol. The molecule has 3 aromatic rings. The minimum atomic E-state index is -0.155. The summed E-state index contributed by atoms with van der Waals surface area (Å²) in [5.41, 5.74) is 7.15. The molecule has 0 saturated heterocycles. The van der Waals surface area contributed by atoms with E-state index in [0.717, 1.165) is 42.9 Å². The Morgan fingerprint density at radius 2 is 1.56 bits per heavy atom. The molecule has 0 aromatic heterocycles. The lowest BCUT2D eigenvalue weighted by Gasteiger charge is -2.21. The van der Waals surface area contributed by atoms with E-state index in [0.29, 0.717) is 6.54 Å². The van der Waals surface area contributed by atoms with Crippen LogP contribution in [0.4, 0.5) is 4.39 Å². The van der Waals surface area contributed by atoms with Gasteiger partial charge in [-0.15, -0.1) is 0 Å². The van der Waals surface area contributed by atoms with Crippen LogP contribution in [0.5, 0.6) is 11.5 Å². The minimum Gasteiger partial charge on any atom is -0.493 e. The largest absolute Gasteiger partial charge is 0.493 e. The van der Waals surface area contributed by atoms with Crippen molar-refractivity contribution in [3.05, 3.63) is 94.3 Å². The Morgan fingerprint density at radius 3 is 2.21 bits per heavy atom. The van der Waals surface area contributed by atoms with Gasteiger partial charge in [-0.3, -0.25) is 0 Å². The number of hydrogen-bond acceptors (Lipinski definition) is 2. The fraction of sp³-hybridized carbons (Fsp3) is 0.367. The molecule has 0 spiro atoms. The molecule has 1 aliphatic rings. The predicted molar refractivity (Wildman–Crippen MR) is 136 cm³/mol. The van der Waals surface area contributed by atoms with Gasteiger partial charge in [0.15, 0.2) is 23.8 Å². The van der Waals surface area contributed by atoms with Crippen LogP contribution in [0.25, 0.3) is 0 Å². The molecule has 0 radical (unpaired) electrons. The molecule has 178 valence electrons. The van der Waals surface area contributed by atoms with Crippen molar-refractivity contribution in [1.29, 1.82) is 0 Å². The van der Waals surface area contributed by atoms with Gasteiger partial charge < -0.3 is 9.47 Å². The average Bonchev–Trinajstić information content (AvgIpc) is 2.83. The Balaban J connectivity index is 1.70. The smallest absolute Gasteiger partial charge is 0.184 e. The zero-order chi connectivity index (χ0) is 24.3. The lowest BCUT2D eigenvalue weighted by molar-refractivity contribution is -0.546. The summed E-state index contributed by atoms with van der Waals surface area (Å²) in [5.74, 6) is 1.32. The van der Waals surface area contributed by atoms with E-state index in [2.05, 4.69) is 61.7 Å². The summed E-state index contributed by atoms with van der Waals surface area (Å²) >= 11 is 0. The molecule has 1 aliphatic heterocycles. The number of nitrogens with zero attached hydrogens (tertiary/aromatic N) is 1. The SMILES string of the molecule is COc1cc2c(cc1OC)C(CCc1ccc(C(C)(C)C)cc1)=[N+](Cc1ccccc1F)CC2. The van der Waals surface area contributed by atoms with E-state index in [1.54, 1.807) is 20.3 Å². The highest BCUT2D eigenvalue weighted by Gasteiger charge is 2.28. The van der Waals surface area contributed by atoms with Gasteiger partial charge in [-0.05, 0) is 52.8 Å². The fourth-order valence-corrected chi connectivity index (χ4v) is 4.69. The van der Waals surface area contributed by atoms with Gasteiger partial charge in [0.05, 0.1) is 19.8 Å². The molecule has 34 heavy (non-hydrogen) atoms. The maximum absolute atomic E-state index is 14.5. The van der Waals surface area contributed by atoms with Crippen molar-refractivity contribution in [2.24, 2.45) is 0 Å². The summed E-state index contributed by atoms with van der Waals surface area (Å²) < 4.78 is 28.0. The standard InChI is InChI=1S/C30H35FNO2/c1-30(2,3)24-13-10-21(11-14-24)12-15-27-25-19-29(34-5)28(33-4)18-22(25)16-17-32(27)20-23-8-6-7-9-26(23)31/h6-11,13-14,18-19H,12,15-17,20H2,1-5H3/q+1. The van der Waals surface area contributed by atoms with E-state index in [1.165, 1.54) is 34.0 Å². The van der Waals surface area contributed by atoms with Gasteiger partial charge in [0.2, 0.25) is 0 Å². The molecule has 0 saturated carbocycles. The first-order valence-corrected chi connectivity index (χ1v) is 12.0. The number of benzene rings is 3. The van der Waals surface area contributed by atoms with Crippen molar-refractivity contribution in [3.63, 3.8) is 0 Å². The number of aryl methyl sites for hydroxylation is 1. The van der Waals surface area contributed by atoms with Gasteiger partial charge >= 0.3 is 0 Å². The maximum atomic E-state index is 14.5. The van der Waals surface area contributed by atoms with Gasteiger partial charge in [-0.25, -0.2) is 8.97 Å². The van der Waals surface area contributed by atoms with Crippen LogP contribution in [0, 0.1) is 5.82 Å². The van der Waals surface area contributed by atoms with Crippen LogP contribution in [0.1, 0.15) is 55.0 Å². The summed E-state index contributed by atoms with van der Waals surface area (Å²) in [6, 6.07) is 20.2. The highest BCUT2D eigenvalue weighted by molar-refractivity contribution is 5.99. The van der Waals surface area contributed by atoms with Crippen LogP contribution >= 0.6 is 0 Å². The molecule has 4 heteroatoms. The van der Waals surface area contributed by atoms with Crippen molar-refractivity contribution in [2.75, 3.05) is 20.8 Å². The number of ether oxygens (including phenoxy) is 2.